The van der Waals surface area contributed by atoms with E-state index in [0.717, 1.165) is 0 Å². The van der Waals surface area contributed by atoms with Crippen LogP contribution in [0.15, 0.2) is 11.2 Å². The molecule has 8 nitrogen and oxygen atoms in total. The molecule has 0 aliphatic carbocycles. The fraction of sp³-hybridized carbons (Fsp3) is 0.545. The first-order valence-electron chi connectivity index (χ1n) is 5.62. The molecule has 0 unspecified atom stereocenters. The van der Waals surface area contributed by atoms with E-state index in [9.17, 15) is 14.9 Å². The number of nitrogens with zero attached hydrogens (tertiary/aromatic N) is 5. The lowest BCUT2D eigenvalue weighted by Gasteiger charge is -2.20. The number of hydrogen-bond donors (Lipinski definition) is 0. The molecule has 0 bridgehead atoms. The van der Waals surface area contributed by atoms with Crippen LogP contribution in [0.25, 0.3) is 0 Å². The summed E-state index contributed by atoms with van der Waals surface area (Å²) in [6, 6.07) is 0. The maximum atomic E-state index is 12.0. The Morgan fingerprint density at radius 1 is 1.58 bits per heavy atom. The Morgan fingerprint density at radius 2 is 2.16 bits per heavy atom. The van der Waals surface area contributed by atoms with Gasteiger partial charge in [-0.15, -0.1) is 0 Å². The molecule has 0 spiro atoms. The van der Waals surface area contributed by atoms with Crippen LogP contribution in [0.5, 0.6) is 0 Å². The monoisotopic (exact) mass is 267 g/mol. The summed E-state index contributed by atoms with van der Waals surface area (Å²) in [4.78, 5) is 27.7. The fourth-order valence-electron chi connectivity index (χ4n) is 1.34. The molecule has 0 saturated heterocycles. The highest BCUT2D eigenvalue weighted by Gasteiger charge is 2.32. The minimum atomic E-state index is -1.08. The van der Waals surface area contributed by atoms with Gasteiger partial charge in [0.2, 0.25) is 0 Å². The summed E-state index contributed by atoms with van der Waals surface area (Å²) >= 11 is 0. The molecule has 1 aromatic rings. The van der Waals surface area contributed by atoms with E-state index in [2.05, 4.69) is 10.1 Å². The fourth-order valence-corrected chi connectivity index (χ4v) is 1.34. The van der Waals surface area contributed by atoms with Crippen molar-refractivity contribution in [1.82, 2.24) is 14.7 Å². The number of nitro groups is 1. The molecule has 0 radical (unpaired) electrons. The van der Waals surface area contributed by atoms with Crippen LogP contribution in [0.2, 0.25) is 0 Å². The van der Waals surface area contributed by atoms with Crippen LogP contribution in [0, 0.1) is 17.0 Å². The summed E-state index contributed by atoms with van der Waals surface area (Å²) < 4.78 is 1.27. The molecule has 1 heterocycles. The standard InChI is InChI=1S/C11H17N5O3/c1-8-9(16(18)19)6-15(13-8)11(2,3)10(17)12-7-14(4)5/h6-7H,1-5H3. The molecular weight excluding hydrogens is 250 g/mol. The zero-order chi connectivity index (χ0) is 14.8. The predicted octanol–water partition coefficient (Wildman–Crippen LogP) is 0.951. The van der Waals surface area contributed by atoms with Gasteiger partial charge < -0.3 is 4.90 Å². The molecule has 1 amide bonds. The largest absolute Gasteiger partial charge is 0.369 e. The summed E-state index contributed by atoms with van der Waals surface area (Å²) in [5.41, 5.74) is -0.925. The normalized spacial score (nSPS) is 11.8. The van der Waals surface area contributed by atoms with Crippen molar-refractivity contribution in [2.75, 3.05) is 14.1 Å². The minimum Gasteiger partial charge on any atom is -0.369 e. The second kappa shape index (κ2) is 5.17. The summed E-state index contributed by atoms with van der Waals surface area (Å²) in [5, 5.41) is 14.8. The lowest BCUT2D eigenvalue weighted by Crippen LogP contribution is -2.35. The number of aromatic nitrogens is 2. The van der Waals surface area contributed by atoms with Crippen molar-refractivity contribution in [3.8, 4) is 0 Å². The number of aliphatic imine (C=N–C) groups is 1. The van der Waals surface area contributed by atoms with Gasteiger partial charge in [-0.3, -0.25) is 19.6 Å². The highest BCUT2D eigenvalue weighted by molar-refractivity contribution is 5.89. The topological polar surface area (TPSA) is 93.6 Å². The van der Waals surface area contributed by atoms with E-state index in [4.69, 9.17) is 0 Å². The second-order valence-corrected chi connectivity index (χ2v) is 4.87. The van der Waals surface area contributed by atoms with E-state index in [1.165, 1.54) is 24.1 Å². The maximum absolute atomic E-state index is 12.0. The minimum absolute atomic E-state index is 0.113. The van der Waals surface area contributed by atoms with Crippen molar-refractivity contribution in [2.24, 2.45) is 4.99 Å². The van der Waals surface area contributed by atoms with Crippen molar-refractivity contribution in [1.29, 1.82) is 0 Å². The quantitative estimate of drug-likeness (QED) is 0.350. The summed E-state index contributed by atoms with van der Waals surface area (Å²) in [6.07, 6.45) is 2.63. The van der Waals surface area contributed by atoms with Crippen molar-refractivity contribution < 1.29 is 9.72 Å². The van der Waals surface area contributed by atoms with Gasteiger partial charge in [0.05, 0.1) is 11.3 Å². The molecule has 0 fully saturated rings. The van der Waals surface area contributed by atoms with Crippen molar-refractivity contribution in [3.63, 3.8) is 0 Å². The first-order chi connectivity index (χ1) is 8.66. The zero-order valence-electron chi connectivity index (χ0n) is 11.6. The number of rotatable bonds is 4. The van der Waals surface area contributed by atoms with Crippen LogP contribution < -0.4 is 0 Å². The third kappa shape index (κ3) is 3.15. The van der Waals surface area contributed by atoms with Crippen LogP contribution in [-0.4, -0.2) is 45.9 Å². The molecule has 0 atom stereocenters. The Balaban J connectivity index is 3.09. The van der Waals surface area contributed by atoms with Crippen molar-refractivity contribution in [2.45, 2.75) is 26.3 Å². The Bertz CT molecular complexity index is 530. The molecule has 8 heteroatoms. The van der Waals surface area contributed by atoms with Crippen molar-refractivity contribution in [3.05, 3.63) is 22.0 Å². The summed E-state index contributed by atoms with van der Waals surface area (Å²) in [5.74, 6) is -0.432. The number of aryl methyl sites for hydroxylation is 1. The van der Waals surface area contributed by atoms with Crippen molar-refractivity contribution >= 4 is 17.9 Å². The molecule has 1 aromatic heterocycles. The highest BCUT2D eigenvalue weighted by atomic mass is 16.6. The molecule has 0 aromatic carbocycles. The lowest BCUT2D eigenvalue weighted by molar-refractivity contribution is -0.385. The molecule has 19 heavy (non-hydrogen) atoms. The van der Waals surface area contributed by atoms with E-state index < -0.39 is 16.4 Å². The SMILES string of the molecule is Cc1nn(C(C)(C)C(=O)N=CN(C)C)cc1[N+](=O)[O-]. The molecular formula is C11H17N5O3. The highest BCUT2D eigenvalue weighted by Crippen LogP contribution is 2.22. The molecule has 0 saturated carbocycles. The molecule has 0 N–H and O–H groups in total. The maximum Gasteiger partial charge on any atom is 0.309 e. The van der Waals surface area contributed by atoms with Gasteiger partial charge in [0.1, 0.15) is 17.4 Å². The average Bonchev–Trinajstić information content (AvgIpc) is 2.68. The Kier molecular flexibility index (Phi) is 4.03. The van der Waals surface area contributed by atoms with Crippen LogP contribution in [0.3, 0.4) is 0 Å². The average molecular weight is 267 g/mol. The van der Waals surface area contributed by atoms with E-state index in [1.807, 2.05) is 0 Å². The van der Waals surface area contributed by atoms with Gasteiger partial charge in [0.25, 0.3) is 5.91 Å². The van der Waals surface area contributed by atoms with Gasteiger partial charge in [-0.25, -0.2) is 4.99 Å². The van der Waals surface area contributed by atoms with E-state index in [-0.39, 0.29) is 11.4 Å². The van der Waals surface area contributed by atoms with Gasteiger partial charge in [-0.1, -0.05) is 0 Å². The second-order valence-electron chi connectivity index (χ2n) is 4.87. The van der Waals surface area contributed by atoms with Crippen LogP contribution in [0.1, 0.15) is 19.5 Å². The van der Waals surface area contributed by atoms with E-state index >= 15 is 0 Å². The summed E-state index contributed by atoms with van der Waals surface area (Å²) in [6.45, 7) is 4.75. The number of hydrogen-bond acceptors (Lipinski definition) is 4. The lowest BCUT2D eigenvalue weighted by atomic mass is 10.1. The summed E-state index contributed by atoms with van der Waals surface area (Å²) in [7, 11) is 3.49. The molecule has 0 aliphatic rings. The first-order valence-corrected chi connectivity index (χ1v) is 5.62. The number of amides is 1. The molecule has 1 rings (SSSR count). The Morgan fingerprint density at radius 3 is 2.58 bits per heavy atom. The van der Waals surface area contributed by atoms with Gasteiger partial charge in [0, 0.05) is 14.1 Å². The van der Waals surface area contributed by atoms with E-state index in [0.29, 0.717) is 0 Å². The van der Waals surface area contributed by atoms with Gasteiger partial charge >= 0.3 is 5.69 Å². The number of carbonyl (C=O) groups excluding carboxylic acids is 1. The smallest absolute Gasteiger partial charge is 0.309 e. The first kappa shape index (κ1) is 14.8. The zero-order valence-corrected chi connectivity index (χ0v) is 11.6. The molecule has 0 aliphatic heterocycles. The molecule has 104 valence electrons. The van der Waals surface area contributed by atoms with Gasteiger partial charge in [0.15, 0.2) is 0 Å². The predicted molar refractivity (Wildman–Crippen MR) is 70.1 cm³/mol. The Labute approximate surface area is 110 Å². The Hall–Kier alpha value is -2.25. The van der Waals surface area contributed by atoms with E-state index in [1.54, 1.807) is 32.8 Å². The third-order valence-corrected chi connectivity index (χ3v) is 2.57. The third-order valence-electron chi connectivity index (χ3n) is 2.57. The van der Waals surface area contributed by atoms with Crippen LogP contribution >= 0.6 is 0 Å². The number of carbonyl (C=O) groups is 1. The van der Waals surface area contributed by atoms with Crippen LogP contribution in [0.4, 0.5) is 5.69 Å². The van der Waals surface area contributed by atoms with Gasteiger partial charge in [-0.2, -0.15) is 5.10 Å². The van der Waals surface area contributed by atoms with Gasteiger partial charge in [-0.05, 0) is 20.8 Å². The van der Waals surface area contributed by atoms with Crippen LogP contribution in [-0.2, 0) is 10.3 Å².